The predicted molar refractivity (Wildman–Crippen MR) is 125 cm³/mol. The Kier molecular flexibility index (Phi) is 6.61. The molecule has 0 aliphatic heterocycles. The molecular weight excluding hydrogens is 450 g/mol. The molecule has 0 saturated carbocycles. The van der Waals surface area contributed by atoms with Crippen LogP contribution in [0, 0.1) is 0 Å². The molecule has 3 heterocycles. The van der Waals surface area contributed by atoms with Gasteiger partial charge in [0, 0.05) is 19.3 Å². The summed E-state index contributed by atoms with van der Waals surface area (Å²) in [5.41, 5.74) is 1.71. The van der Waals surface area contributed by atoms with Crippen molar-refractivity contribution in [3.8, 4) is 0 Å². The molecule has 1 aromatic carbocycles. The number of hydrogen-bond acceptors (Lipinski definition) is 6. The fraction of sp³-hybridized carbons (Fsp3) is 0.286. The summed E-state index contributed by atoms with van der Waals surface area (Å²) in [6.07, 6.45) is 3.41. The Hall–Kier alpha value is -3.11. The molecule has 11 heteroatoms. The first-order valence-electron chi connectivity index (χ1n) is 10.2. The predicted octanol–water partition coefficient (Wildman–Crippen LogP) is 3.26. The second kappa shape index (κ2) is 9.58. The van der Waals surface area contributed by atoms with Crippen molar-refractivity contribution in [2.75, 3.05) is 11.1 Å². The molecule has 1 amide bonds. The Bertz CT molecular complexity index is 1310. The van der Waals surface area contributed by atoms with E-state index in [1.165, 1.54) is 16.3 Å². The lowest BCUT2D eigenvalue weighted by atomic mass is 10.2. The van der Waals surface area contributed by atoms with E-state index < -0.39 is 0 Å². The number of benzene rings is 1. The fourth-order valence-corrected chi connectivity index (χ4v) is 4.27. The minimum absolute atomic E-state index is 0.0573. The summed E-state index contributed by atoms with van der Waals surface area (Å²) in [6.45, 7) is 5.42. The molecule has 0 fully saturated rings. The summed E-state index contributed by atoms with van der Waals surface area (Å²) in [4.78, 5) is 29.8. The highest BCUT2D eigenvalue weighted by Gasteiger charge is 2.16. The Morgan fingerprint density at radius 3 is 2.59 bits per heavy atom. The summed E-state index contributed by atoms with van der Waals surface area (Å²) < 4.78 is 4.87. The highest BCUT2D eigenvalue weighted by Crippen LogP contribution is 2.22. The van der Waals surface area contributed by atoms with Crippen LogP contribution in [0.15, 0.2) is 52.7 Å². The van der Waals surface area contributed by atoms with Gasteiger partial charge in [-0.15, -0.1) is 0 Å². The fourth-order valence-electron chi connectivity index (χ4n) is 3.21. The van der Waals surface area contributed by atoms with Crippen molar-refractivity contribution in [3.63, 3.8) is 0 Å². The topological polar surface area (TPSA) is 99.6 Å². The van der Waals surface area contributed by atoms with E-state index in [1.54, 1.807) is 21.8 Å². The average molecular weight is 472 g/mol. The van der Waals surface area contributed by atoms with E-state index in [2.05, 4.69) is 20.5 Å². The van der Waals surface area contributed by atoms with Crippen LogP contribution >= 0.6 is 23.4 Å². The van der Waals surface area contributed by atoms with Gasteiger partial charge in [-0.3, -0.25) is 23.5 Å². The third-order valence-corrected chi connectivity index (χ3v) is 6.02. The normalized spacial score (nSPS) is 11.2. The Balaban J connectivity index is 1.45. The van der Waals surface area contributed by atoms with Crippen molar-refractivity contribution < 1.29 is 4.79 Å². The first kappa shape index (κ1) is 22.1. The third-order valence-electron chi connectivity index (χ3n) is 4.77. The number of carbonyl (C=O) groups is 1. The van der Waals surface area contributed by atoms with Crippen LogP contribution in [-0.4, -0.2) is 40.8 Å². The smallest absolute Gasteiger partial charge is 0.282 e. The Morgan fingerprint density at radius 1 is 1.09 bits per heavy atom. The molecule has 0 spiro atoms. The van der Waals surface area contributed by atoms with E-state index in [9.17, 15) is 9.59 Å². The van der Waals surface area contributed by atoms with Crippen LogP contribution in [0.25, 0.3) is 11.0 Å². The zero-order chi connectivity index (χ0) is 22.7. The van der Waals surface area contributed by atoms with E-state index >= 15 is 0 Å². The van der Waals surface area contributed by atoms with E-state index in [-0.39, 0.29) is 17.2 Å². The van der Waals surface area contributed by atoms with Crippen LogP contribution < -0.4 is 10.9 Å². The number of halogens is 1. The third kappa shape index (κ3) is 4.71. The molecule has 0 bridgehead atoms. The first-order valence-corrected chi connectivity index (χ1v) is 11.5. The molecule has 0 aliphatic carbocycles. The van der Waals surface area contributed by atoms with Gasteiger partial charge in [0.05, 0.1) is 18.5 Å². The molecular formula is C21H22ClN7O2S. The Morgan fingerprint density at radius 2 is 1.88 bits per heavy atom. The van der Waals surface area contributed by atoms with Crippen molar-refractivity contribution in [2.24, 2.45) is 0 Å². The summed E-state index contributed by atoms with van der Waals surface area (Å²) in [7, 11) is 0. The van der Waals surface area contributed by atoms with Gasteiger partial charge in [-0.1, -0.05) is 53.7 Å². The number of anilines is 1. The van der Waals surface area contributed by atoms with Crippen molar-refractivity contribution in [3.05, 3.63) is 63.7 Å². The molecule has 3 aromatic heterocycles. The monoisotopic (exact) mass is 471 g/mol. The molecule has 166 valence electrons. The van der Waals surface area contributed by atoms with Crippen LogP contribution in [0.2, 0.25) is 5.02 Å². The maximum atomic E-state index is 12.7. The van der Waals surface area contributed by atoms with Crippen LogP contribution in [0.1, 0.15) is 19.4 Å². The van der Waals surface area contributed by atoms with Gasteiger partial charge < -0.3 is 5.32 Å². The molecule has 32 heavy (non-hydrogen) atoms. The molecule has 4 aromatic rings. The number of carbonyl (C=O) groups excluding carboxylic acids is 1. The highest BCUT2D eigenvalue weighted by molar-refractivity contribution is 7.99. The summed E-state index contributed by atoms with van der Waals surface area (Å²) in [6, 6.07) is 9.84. The van der Waals surface area contributed by atoms with Gasteiger partial charge >= 0.3 is 0 Å². The lowest BCUT2D eigenvalue weighted by Gasteiger charge is -2.09. The minimum Gasteiger partial charge on any atom is -0.307 e. The number of fused-ring (bicyclic) bond motifs is 1. The molecule has 4 rings (SSSR count). The van der Waals surface area contributed by atoms with Gasteiger partial charge in [0.15, 0.2) is 16.5 Å². The standard InChI is InChI=1S/C21H22ClN7O2S/c1-3-27-12-16-18(25-27)20(31)29(4-2)21(23-16)32-13-17(30)24-19-15(22)11-28(26-19)10-14-8-6-5-7-9-14/h5-9,11-12H,3-4,10,13H2,1-2H3,(H,24,26,30). The van der Waals surface area contributed by atoms with Gasteiger partial charge in [-0.05, 0) is 19.4 Å². The van der Waals surface area contributed by atoms with E-state index in [0.29, 0.717) is 46.7 Å². The van der Waals surface area contributed by atoms with Gasteiger partial charge in [0.25, 0.3) is 5.56 Å². The summed E-state index contributed by atoms with van der Waals surface area (Å²) in [5.74, 6) is 0.0682. The lowest BCUT2D eigenvalue weighted by molar-refractivity contribution is -0.113. The molecule has 1 N–H and O–H groups in total. The average Bonchev–Trinajstić information content (AvgIpc) is 3.36. The second-order valence-electron chi connectivity index (χ2n) is 7.01. The molecule has 9 nitrogen and oxygen atoms in total. The van der Waals surface area contributed by atoms with Crippen molar-refractivity contribution in [2.45, 2.75) is 38.6 Å². The number of aromatic nitrogens is 6. The quantitative estimate of drug-likeness (QED) is 0.313. The van der Waals surface area contributed by atoms with E-state index in [1.807, 2.05) is 44.2 Å². The molecule has 0 saturated heterocycles. The molecule has 0 radical (unpaired) electrons. The maximum absolute atomic E-state index is 12.7. The van der Waals surface area contributed by atoms with Gasteiger partial charge in [0.2, 0.25) is 5.91 Å². The number of amides is 1. The van der Waals surface area contributed by atoms with E-state index in [4.69, 9.17) is 11.6 Å². The van der Waals surface area contributed by atoms with Gasteiger partial charge in [0.1, 0.15) is 10.5 Å². The zero-order valence-electron chi connectivity index (χ0n) is 17.7. The summed E-state index contributed by atoms with van der Waals surface area (Å²) in [5, 5.41) is 12.2. The second-order valence-corrected chi connectivity index (χ2v) is 8.36. The van der Waals surface area contributed by atoms with Gasteiger partial charge in [-0.25, -0.2) is 4.98 Å². The Labute approximate surface area is 193 Å². The number of nitrogens with one attached hydrogen (secondary N) is 1. The van der Waals surface area contributed by atoms with Crippen molar-refractivity contribution in [1.82, 2.24) is 29.1 Å². The van der Waals surface area contributed by atoms with Gasteiger partial charge in [-0.2, -0.15) is 10.2 Å². The van der Waals surface area contributed by atoms with Crippen LogP contribution in [0.4, 0.5) is 5.82 Å². The number of nitrogens with zero attached hydrogens (tertiary/aromatic N) is 6. The number of rotatable bonds is 8. The molecule has 0 unspecified atom stereocenters. The number of thioether (sulfide) groups is 1. The first-order chi connectivity index (χ1) is 15.5. The molecule has 0 atom stereocenters. The highest BCUT2D eigenvalue weighted by atomic mass is 35.5. The largest absolute Gasteiger partial charge is 0.307 e. The number of hydrogen-bond donors (Lipinski definition) is 1. The van der Waals surface area contributed by atoms with Crippen molar-refractivity contribution in [1.29, 1.82) is 0 Å². The lowest BCUT2D eigenvalue weighted by Crippen LogP contribution is -2.23. The SMILES string of the molecule is CCn1cc2nc(SCC(=O)Nc3nn(Cc4ccccc4)cc3Cl)n(CC)c(=O)c2n1. The maximum Gasteiger partial charge on any atom is 0.282 e. The van der Waals surface area contributed by atoms with Crippen LogP contribution in [0.3, 0.4) is 0 Å². The van der Waals surface area contributed by atoms with E-state index in [0.717, 1.165) is 5.56 Å². The van der Waals surface area contributed by atoms with Crippen LogP contribution in [-0.2, 0) is 24.4 Å². The van der Waals surface area contributed by atoms with Crippen LogP contribution in [0.5, 0.6) is 0 Å². The zero-order valence-corrected chi connectivity index (χ0v) is 19.2. The summed E-state index contributed by atoms with van der Waals surface area (Å²) >= 11 is 7.44. The minimum atomic E-state index is -0.289. The van der Waals surface area contributed by atoms with Crippen molar-refractivity contribution >= 4 is 46.1 Å². The molecule has 0 aliphatic rings. The number of aryl methyl sites for hydroxylation is 1.